The van der Waals surface area contributed by atoms with Crippen LogP contribution in [0.15, 0.2) is 243 Å². The number of hydrogen-bond donors (Lipinski definition) is 0. The van der Waals surface area contributed by atoms with Crippen molar-refractivity contribution in [2.24, 2.45) is 0 Å². The van der Waals surface area contributed by atoms with Crippen LogP contribution in [0.3, 0.4) is 0 Å². The van der Waals surface area contributed by atoms with Crippen molar-refractivity contribution < 1.29 is 0 Å². The smallest absolute Gasteiger partial charge is 0.0555 e. The third-order valence-electron chi connectivity index (χ3n) is 13.2. The van der Waals surface area contributed by atoms with Gasteiger partial charge in [-0.15, -0.1) is 11.3 Å². The monoisotopic (exact) mass is 844 g/mol. The van der Waals surface area contributed by atoms with Crippen molar-refractivity contribution in [3.63, 3.8) is 0 Å². The van der Waals surface area contributed by atoms with Crippen LogP contribution in [-0.4, -0.2) is 4.57 Å². The Morgan fingerprint density at radius 3 is 1.78 bits per heavy atom. The summed E-state index contributed by atoms with van der Waals surface area (Å²) in [6, 6.07) is 89.0. The van der Waals surface area contributed by atoms with Crippen LogP contribution >= 0.6 is 11.3 Å². The lowest BCUT2D eigenvalue weighted by Gasteiger charge is -2.28. The van der Waals surface area contributed by atoms with Crippen molar-refractivity contribution in [2.75, 3.05) is 4.90 Å². The van der Waals surface area contributed by atoms with Crippen molar-refractivity contribution in [3.05, 3.63) is 243 Å². The van der Waals surface area contributed by atoms with Gasteiger partial charge in [-0.3, -0.25) is 0 Å². The van der Waals surface area contributed by atoms with Crippen LogP contribution in [0.25, 0.3) is 103 Å². The van der Waals surface area contributed by atoms with Crippen LogP contribution in [0, 0.1) is 0 Å². The van der Waals surface area contributed by atoms with Crippen LogP contribution in [0.4, 0.5) is 17.1 Å². The Labute approximate surface area is 381 Å². The number of nitrogens with zero attached hydrogens (tertiary/aromatic N) is 2. The molecule has 2 aromatic heterocycles. The van der Waals surface area contributed by atoms with E-state index in [0.29, 0.717) is 0 Å². The largest absolute Gasteiger partial charge is 0.310 e. The molecule has 2 nitrogen and oxygen atoms in total. The maximum absolute atomic E-state index is 2.48. The van der Waals surface area contributed by atoms with E-state index in [0.717, 1.165) is 17.1 Å². The van der Waals surface area contributed by atoms with Crippen LogP contribution in [0.1, 0.15) is 0 Å². The first-order valence-corrected chi connectivity index (χ1v) is 23.1. The number of thiophene rings is 1. The highest BCUT2D eigenvalue weighted by atomic mass is 32.1. The summed E-state index contributed by atoms with van der Waals surface area (Å²) in [7, 11) is 0. The highest BCUT2D eigenvalue weighted by Crippen LogP contribution is 2.49. The van der Waals surface area contributed by atoms with E-state index in [9.17, 15) is 0 Å². The second kappa shape index (κ2) is 15.2. The van der Waals surface area contributed by atoms with Gasteiger partial charge < -0.3 is 9.47 Å². The third-order valence-corrected chi connectivity index (χ3v) is 14.4. The second-order valence-corrected chi connectivity index (χ2v) is 17.9. The SMILES string of the molecule is c1ccc(-c2ccc(N(c3ccc(-c4cccc5ccccc45)cc3)c3cccc(-c4cccc5c4c4ccccc4n5-c4cccc5ccccc45)c3)c3c2sc2ccccc23)cc1. The highest BCUT2D eigenvalue weighted by Gasteiger charge is 2.23. The Balaban J connectivity index is 1.04. The van der Waals surface area contributed by atoms with E-state index in [1.165, 1.54) is 103 Å². The van der Waals surface area contributed by atoms with Crippen LogP contribution in [0.2, 0.25) is 0 Å². The molecule has 0 fully saturated rings. The molecule has 0 bridgehead atoms. The lowest BCUT2D eigenvalue weighted by Crippen LogP contribution is -2.10. The minimum absolute atomic E-state index is 1.10. The van der Waals surface area contributed by atoms with Gasteiger partial charge in [0.25, 0.3) is 0 Å². The van der Waals surface area contributed by atoms with Gasteiger partial charge in [-0.1, -0.05) is 188 Å². The average Bonchev–Trinajstić information content (AvgIpc) is 3.94. The summed E-state index contributed by atoms with van der Waals surface area (Å²) in [6.07, 6.45) is 0. The topological polar surface area (TPSA) is 8.17 Å². The molecule has 0 radical (unpaired) electrons. The molecule has 0 aliphatic carbocycles. The maximum Gasteiger partial charge on any atom is 0.0555 e. The number of aromatic nitrogens is 1. The molecular weight excluding hydrogens is 805 g/mol. The average molecular weight is 845 g/mol. The number of fused-ring (bicyclic) bond motifs is 8. The van der Waals surface area contributed by atoms with Crippen molar-refractivity contribution in [1.29, 1.82) is 0 Å². The Kier molecular flexibility index (Phi) is 8.75. The quantitative estimate of drug-likeness (QED) is 0.155. The maximum atomic E-state index is 2.48. The Morgan fingerprint density at radius 2 is 0.938 bits per heavy atom. The van der Waals surface area contributed by atoms with Gasteiger partial charge in [-0.2, -0.15) is 0 Å². The van der Waals surface area contributed by atoms with Crippen molar-refractivity contribution in [2.45, 2.75) is 0 Å². The first-order chi connectivity index (χ1) is 32.3. The number of anilines is 3. The first-order valence-electron chi connectivity index (χ1n) is 22.3. The molecule has 65 heavy (non-hydrogen) atoms. The van der Waals surface area contributed by atoms with Crippen molar-refractivity contribution in [1.82, 2.24) is 4.57 Å². The zero-order valence-corrected chi connectivity index (χ0v) is 36.2. The normalized spacial score (nSPS) is 11.7. The molecule has 0 saturated heterocycles. The zero-order valence-electron chi connectivity index (χ0n) is 35.4. The molecule has 13 rings (SSSR count). The van der Waals surface area contributed by atoms with Gasteiger partial charge in [0.15, 0.2) is 0 Å². The minimum Gasteiger partial charge on any atom is -0.310 e. The van der Waals surface area contributed by atoms with E-state index in [2.05, 4.69) is 252 Å². The summed E-state index contributed by atoms with van der Waals surface area (Å²) in [4.78, 5) is 2.48. The molecule has 0 atom stereocenters. The van der Waals surface area contributed by atoms with Crippen LogP contribution in [0.5, 0.6) is 0 Å². The van der Waals surface area contributed by atoms with Crippen molar-refractivity contribution in [3.8, 4) is 39.1 Å². The summed E-state index contributed by atoms with van der Waals surface area (Å²) in [5.41, 5.74) is 14.2. The molecule has 0 aliphatic rings. The number of benzene rings is 11. The summed E-state index contributed by atoms with van der Waals surface area (Å²) < 4.78 is 5.02. The molecule has 0 spiro atoms. The van der Waals surface area contributed by atoms with Gasteiger partial charge in [0.1, 0.15) is 0 Å². The molecule has 3 heteroatoms. The van der Waals surface area contributed by atoms with E-state index < -0.39 is 0 Å². The molecule has 13 aromatic rings. The van der Waals surface area contributed by atoms with E-state index in [4.69, 9.17) is 0 Å². The fourth-order valence-electron chi connectivity index (χ4n) is 10.3. The number of rotatable bonds is 7. The Bertz CT molecular complexity index is 3940. The molecule has 2 heterocycles. The first kappa shape index (κ1) is 37.3. The highest BCUT2D eigenvalue weighted by molar-refractivity contribution is 7.26. The predicted octanol–water partition coefficient (Wildman–Crippen LogP) is 17.9. The van der Waals surface area contributed by atoms with Gasteiger partial charge in [-0.05, 0) is 104 Å². The molecule has 0 unspecified atom stereocenters. The summed E-state index contributed by atoms with van der Waals surface area (Å²) >= 11 is 1.88. The Morgan fingerprint density at radius 1 is 0.338 bits per heavy atom. The lowest BCUT2D eigenvalue weighted by atomic mass is 9.97. The van der Waals surface area contributed by atoms with E-state index >= 15 is 0 Å². The van der Waals surface area contributed by atoms with Crippen LogP contribution in [-0.2, 0) is 0 Å². The molecule has 0 saturated carbocycles. The second-order valence-electron chi connectivity index (χ2n) is 16.8. The molecule has 304 valence electrons. The molecule has 0 aliphatic heterocycles. The predicted molar refractivity (Wildman–Crippen MR) is 280 cm³/mol. The molecule has 11 aromatic carbocycles. The van der Waals surface area contributed by atoms with Crippen LogP contribution < -0.4 is 4.90 Å². The van der Waals surface area contributed by atoms with E-state index in [1.807, 2.05) is 11.3 Å². The number of para-hydroxylation sites is 1. The summed E-state index contributed by atoms with van der Waals surface area (Å²) in [5.74, 6) is 0. The van der Waals surface area contributed by atoms with Gasteiger partial charge in [0.2, 0.25) is 0 Å². The van der Waals surface area contributed by atoms with Gasteiger partial charge >= 0.3 is 0 Å². The lowest BCUT2D eigenvalue weighted by molar-refractivity contribution is 1.20. The Hall–Kier alpha value is -8.24. The minimum atomic E-state index is 1.10. The van der Waals surface area contributed by atoms with Gasteiger partial charge in [0.05, 0.1) is 22.4 Å². The number of hydrogen-bond acceptors (Lipinski definition) is 2. The van der Waals surface area contributed by atoms with Crippen molar-refractivity contribution >= 4 is 91.9 Å². The van der Waals surface area contributed by atoms with Gasteiger partial charge in [0, 0.05) is 47.7 Å². The van der Waals surface area contributed by atoms with E-state index in [1.54, 1.807) is 0 Å². The summed E-state index contributed by atoms with van der Waals surface area (Å²) in [5, 5.41) is 9.97. The third kappa shape index (κ3) is 6.08. The fourth-order valence-corrected chi connectivity index (χ4v) is 11.5. The zero-order chi connectivity index (χ0) is 42.8. The molecule has 0 amide bonds. The molecular formula is C62H40N2S. The summed E-state index contributed by atoms with van der Waals surface area (Å²) in [6.45, 7) is 0. The fraction of sp³-hybridized carbons (Fsp3) is 0. The standard InChI is InChI=1S/C62H40N2S/c1-2-16-43(17-3-1)52-38-39-58(61-54-27-9-11-33-59(54)65-62(52)61)63(46-36-34-44(35-37-46)49-28-13-20-41-18-4-6-24-48(41)49)47-23-12-22-45(40-47)51-29-15-32-57-60(51)53-26-8-10-30-56(53)64(57)55-31-14-21-42-19-5-7-25-50(42)55/h1-40H. The molecule has 0 N–H and O–H groups in total. The van der Waals surface area contributed by atoms with E-state index in [-0.39, 0.29) is 0 Å². The van der Waals surface area contributed by atoms with Gasteiger partial charge in [-0.25, -0.2) is 0 Å².